The molecular formula is C17H22N4O4S. The first-order valence-corrected chi connectivity index (χ1v) is 9.91. The van der Waals surface area contributed by atoms with Crippen molar-refractivity contribution in [3.8, 4) is 0 Å². The number of hydrogen-bond donors (Lipinski definition) is 1. The van der Waals surface area contributed by atoms with E-state index in [0.717, 1.165) is 19.6 Å². The number of amides is 1. The molecule has 1 fully saturated rings. The van der Waals surface area contributed by atoms with Crippen molar-refractivity contribution >= 4 is 21.6 Å². The highest BCUT2D eigenvalue weighted by Gasteiger charge is 2.27. The Morgan fingerprint density at radius 3 is 2.38 bits per heavy atom. The molecule has 2 heterocycles. The topological polar surface area (TPSA) is 95.8 Å². The molecule has 1 N–H and O–H groups in total. The average Bonchev–Trinajstić information content (AvgIpc) is 3.09. The van der Waals surface area contributed by atoms with Gasteiger partial charge in [0.1, 0.15) is 0 Å². The van der Waals surface area contributed by atoms with Crippen molar-refractivity contribution in [3.05, 3.63) is 41.8 Å². The Hall–Kier alpha value is -2.23. The molecule has 9 heteroatoms. The predicted molar refractivity (Wildman–Crippen MR) is 96.5 cm³/mol. The summed E-state index contributed by atoms with van der Waals surface area (Å²) in [4.78, 5) is 14.5. The predicted octanol–water partition coefficient (Wildman–Crippen LogP) is 1.56. The first kappa shape index (κ1) is 18.6. The van der Waals surface area contributed by atoms with Crippen molar-refractivity contribution in [2.24, 2.45) is 0 Å². The third-order valence-corrected chi connectivity index (χ3v) is 6.29. The normalized spacial score (nSPS) is 16.5. The number of hydrogen-bond acceptors (Lipinski definition) is 6. The van der Waals surface area contributed by atoms with Gasteiger partial charge in [0.05, 0.1) is 10.6 Å². The number of rotatable bonds is 5. The van der Waals surface area contributed by atoms with Crippen molar-refractivity contribution in [1.29, 1.82) is 0 Å². The molecule has 26 heavy (non-hydrogen) atoms. The second-order valence-electron chi connectivity index (χ2n) is 6.15. The van der Waals surface area contributed by atoms with Gasteiger partial charge in [-0.2, -0.15) is 4.31 Å². The van der Waals surface area contributed by atoms with E-state index in [9.17, 15) is 13.2 Å². The monoisotopic (exact) mass is 378 g/mol. The maximum atomic E-state index is 12.7. The highest BCUT2D eigenvalue weighted by atomic mass is 32.2. The maximum Gasteiger partial charge on any atom is 0.294 e. The summed E-state index contributed by atoms with van der Waals surface area (Å²) in [6, 6.07) is 7.67. The lowest BCUT2D eigenvalue weighted by atomic mass is 10.3. The fraction of sp³-hybridized carbons (Fsp3) is 0.412. The van der Waals surface area contributed by atoms with Crippen molar-refractivity contribution in [2.75, 3.05) is 38.0 Å². The maximum absolute atomic E-state index is 12.7. The van der Waals surface area contributed by atoms with Gasteiger partial charge in [-0.15, -0.1) is 0 Å². The third-order valence-electron chi connectivity index (χ3n) is 4.38. The van der Waals surface area contributed by atoms with Crippen LogP contribution >= 0.6 is 0 Å². The van der Waals surface area contributed by atoms with Crippen LogP contribution in [0.3, 0.4) is 0 Å². The highest BCUT2D eigenvalue weighted by Crippen LogP contribution is 2.20. The number of anilines is 1. The van der Waals surface area contributed by atoms with Gasteiger partial charge in [-0.05, 0) is 37.7 Å². The first-order chi connectivity index (χ1) is 12.4. The SMILES string of the molecule is CCN1CCN(S(=O)(=O)c2ccc(NC(=O)c3cc(C)no3)cc2)CC1. The number of likely N-dealkylation sites (N-methyl/N-ethyl adjacent to an activating group) is 1. The second kappa shape index (κ2) is 7.56. The van der Waals surface area contributed by atoms with Gasteiger partial charge in [0.2, 0.25) is 15.8 Å². The molecule has 3 rings (SSSR count). The van der Waals surface area contributed by atoms with Crippen LogP contribution in [0.4, 0.5) is 5.69 Å². The third kappa shape index (κ3) is 3.95. The molecule has 1 aromatic carbocycles. The minimum Gasteiger partial charge on any atom is -0.351 e. The Labute approximate surface area is 152 Å². The number of sulfonamides is 1. The number of carbonyl (C=O) groups is 1. The molecule has 8 nitrogen and oxygen atoms in total. The molecule has 140 valence electrons. The van der Waals surface area contributed by atoms with Crippen LogP contribution < -0.4 is 5.32 Å². The molecule has 0 radical (unpaired) electrons. The number of aryl methyl sites for hydroxylation is 1. The smallest absolute Gasteiger partial charge is 0.294 e. The molecule has 2 aromatic rings. The van der Waals surface area contributed by atoms with E-state index in [0.29, 0.717) is 24.5 Å². The molecule has 0 spiro atoms. The van der Waals surface area contributed by atoms with Crippen LogP contribution in [-0.4, -0.2) is 61.4 Å². The van der Waals surface area contributed by atoms with E-state index in [1.54, 1.807) is 19.1 Å². The zero-order valence-corrected chi connectivity index (χ0v) is 15.6. The summed E-state index contributed by atoms with van der Waals surface area (Å²) in [6.45, 7) is 7.16. The van der Waals surface area contributed by atoms with Crippen molar-refractivity contribution in [3.63, 3.8) is 0 Å². The first-order valence-electron chi connectivity index (χ1n) is 8.47. The number of benzene rings is 1. The summed E-state index contributed by atoms with van der Waals surface area (Å²) in [5.74, 6) is -0.329. The number of aromatic nitrogens is 1. The van der Waals surface area contributed by atoms with Gasteiger partial charge in [-0.3, -0.25) is 4.79 Å². The molecule has 1 aromatic heterocycles. The summed E-state index contributed by atoms with van der Waals surface area (Å²) < 4.78 is 31.9. The van der Waals surface area contributed by atoms with Gasteiger partial charge < -0.3 is 14.7 Å². The van der Waals surface area contributed by atoms with E-state index in [1.165, 1.54) is 22.5 Å². The fourth-order valence-corrected chi connectivity index (χ4v) is 4.23. The summed E-state index contributed by atoms with van der Waals surface area (Å²) in [6.07, 6.45) is 0. The van der Waals surface area contributed by atoms with E-state index in [1.807, 2.05) is 0 Å². The van der Waals surface area contributed by atoms with Crippen LogP contribution in [0.5, 0.6) is 0 Å². The van der Waals surface area contributed by atoms with Crippen molar-refractivity contribution in [2.45, 2.75) is 18.7 Å². The molecule has 1 saturated heterocycles. The van der Waals surface area contributed by atoms with Gasteiger partial charge >= 0.3 is 0 Å². The molecule has 0 bridgehead atoms. The average molecular weight is 378 g/mol. The minimum atomic E-state index is -3.52. The Bertz CT molecular complexity index is 868. The van der Waals surface area contributed by atoms with Crippen LogP contribution in [0.15, 0.2) is 39.8 Å². The summed E-state index contributed by atoms with van der Waals surface area (Å²) in [5.41, 5.74) is 1.10. The number of carbonyl (C=O) groups excluding carboxylic acids is 1. The molecular weight excluding hydrogens is 356 g/mol. The largest absolute Gasteiger partial charge is 0.351 e. The lowest BCUT2D eigenvalue weighted by Crippen LogP contribution is -2.48. The Morgan fingerprint density at radius 1 is 1.19 bits per heavy atom. The van der Waals surface area contributed by atoms with Gasteiger partial charge in [0, 0.05) is 37.9 Å². The number of nitrogens with one attached hydrogen (secondary N) is 1. The number of nitrogens with zero attached hydrogens (tertiary/aromatic N) is 3. The van der Waals surface area contributed by atoms with Crippen molar-refractivity contribution < 1.29 is 17.7 Å². The van der Waals surface area contributed by atoms with Gasteiger partial charge in [0.25, 0.3) is 5.91 Å². The summed E-state index contributed by atoms with van der Waals surface area (Å²) in [7, 11) is -3.52. The number of piperazine rings is 1. The van der Waals surface area contributed by atoms with Crippen LogP contribution in [0.1, 0.15) is 23.2 Å². The van der Waals surface area contributed by atoms with E-state index >= 15 is 0 Å². The molecule has 0 unspecified atom stereocenters. The van der Waals surface area contributed by atoms with E-state index < -0.39 is 15.9 Å². The van der Waals surface area contributed by atoms with E-state index in [-0.39, 0.29) is 10.7 Å². The highest BCUT2D eigenvalue weighted by molar-refractivity contribution is 7.89. The Kier molecular flexibility index (Phi) is 5.40. The Morgan fingerprint density at radius 2 is 1.85 bits per heavy atom. The lowest BCUT2D eigenvalue weighted by molar-refractivity contribution is 0.0988. The van der Waals surface area contributed by atoms with Crippen LogP contribution in [0, 0.1) is 6.92 Å². The fourth-order valence-electron chi connectivity index (χ4n) is 2.81. The molecule has 0 saturated carbocycles. The minimum absolute atomic E-state index is 0.105. The molecule has 0 aliphatic carbocycles. The van der Waals surface area contributed by atoms with Gasteiger partial charge in [-0.25, -0.2) is 8.42 Å². The van der Waals surface area contributed by atoms with Gasteiger partial charge in [-0.1, -0.05) is 12.1 Å². The molecule has 1 aliphatic rings. The summed E-state index contributed by atoms with van der Waals surface area (Å²) >= 11 is 0. The quantitative estimate of drug-likeness (QED) is 0.848. The second-order valence-corrected chi connectivity index (χ2v) is 8.09. The lowest BCUT2D eigenvalue weighted by Gasteiger charge is -2.33. The van der Waals surface area contributed by atoms with E-state index in [4.69, 9.17) is 4.52 Å². The standard InChI is InChI=1S/C17H22N4O4S/c1-3-20-8-10-21(11-9-20)26(23,24)15-6-4-14(5-7-15)18-17(22)16-12-13(2)19-25-16/h4-7,12H,3,8-11H2,1-2H3,(H,18,22). The zero-order chi connectivity index (χ0) is 18.7. The molecule has 1 amide bonds. The molecule has 0 atom stereocenters. The Balaban J connectivity index is 1.68. The van der Waals surface area contributed by atoms with Crippen LogP contribution in [-0.2, 0) is 10.0 Å². The summed E-state index contributed by atoms with van der Waals surface area (Å²) in [5, 5.41) is 6.32. The van der Waals surface area contributed by atoms with Crippen LogP contribution in [0.2, 0.25) is 0 Å². The van der Waals surface area contributed by atoms with E-state index in [2.05, 4.69) is 22.3 Å². The molecule has 1 aliphatic heterocycles. The van der Waals surface area contributed by atoms with Gasteiger partial charge in [0.15, 0.2) is 0 Å². The van der Waals surface area contributed by atoms with Crippen LogP contribution in [0.25, 0.3) is 0 Å². The van der Waals surface area contributed by atoms with Crippen molar-refractivity contribution in [1.82, 2.24) is 14.4 Å². The zero-order valence-electron chi connectivity index (χ0n) is 14.8.